The number of ether oxygens (including phenoxy) is 2. The lowest BCUT2D eigenvalue weighted by molar-refractivity contribution is 0.170. The van der Waals surface area contributed by atoms with Gasteiger partial charge in [0.15, 0.2) is 0 Å². The van der Waals surface area contributed by atoms with Crippen LogP contribution < -0.4 is 15.8 Å². The van der Waals surface area contributed by atoms with Crippen molar-refractivity contribution in [2.75, 3.05) is 44.6 Å². The third-order valence-electron chi connectivity index (χ3n) is 3.08. The van der Waals surface area contributed by atoms with Crippen LogP contribution in [0.2, 0.25) is 0 Å². The molecule has 0 saturated carbocycles. The number of methoxy groups -OCH3 is 2. The molecule has 4 N–H and O–H groups in total. The van der Waals surface area contributed by atoms with Crippen molar-refractivity contribution in [3.8, 4) is 0 Å². The van der Waals surface area contributed by atoms with E-state index in [2.05, 4.69) is 0 Å². The first kappa shape index (κ1) is 17.7. The normalized spacial score (nSPS) is 13.1. The summed E-state index contributed by atoms with van der Waals surface area (Å²) >= 11 is 0. The molecule has 0 aliphatic heterocycles. The summed E-state index contributed by atoms with van der Waals surface area (Å²) < 4.78 is 33.8. The van der Waals surface area contributed by atoms with Gasteiger partial charge in [-0.05, 0) is 25.1 Å². The molecule has 1 rings (SSSR count). The zero-order chi connectivity index (χ0) is 16.0. The summed E-state index contributed by atoms with van der Waals surface area (Å²) in [5.74, 6) is 0. The van der Waals surface area contributed by atoms with Crippen molar-refractivity contribution in [1.82, 2.24) is 0 Å². The van der Waals surface area contributed by atoms with E-state index in [1.807, 2.05) is 11.8 Å². The third kappa shape index (κ3) is 4.85. The molecule has 1 aromatic rings. The second-order valence-electron chi connectivity index (χ2n) is 4.76. The minimum atomic E-state index is -3.88. The zero-order valence-electron chi connectivity index (χ0n) is 12.6. The van der Waals surface area contributed by atoms with Crippen molar-refractivity contribution in [2.45, 2.75) is 17.9 Å². The predicted molar refractivity (Wildman–Crippen MR) is 82.8 cm³/mol. The molecule has 120 valence electrons. The molecule has 8 heteroatoms. The molecule has 0 aromatic heterocycles. The van der Waals surface area contributed by atoms with Gasteiger partial charge in [-0.2, -0.15) is 0 Å². The third-order valence-corrected chi connectivity index (χ3v) is 4.02. The molecule has 0 fully saturated rings. The average Bonchev–Trinajstić information content (AvgIpc) is 2.39. The summed E-state index contributed by atoms with van der Waals surface area (Å²) in [7, 11) is -0.700. The van der Waals surface area contributed by atoms with E-state index in [9.17, 15) is 8.42 Å². The van der Waals surface area contributed by atoms with E-state index in [0.29, 0.717) is 31.1 Å². The summed E-state index contributed by atoms with van der Waals surface area (Å²) in [4.78, 5) is 1.88. The number of rotatable bonds is 8. The SMILES string of the molecule is COCCN(c1ccc(N)cc1S(N)(=O)=O)C(C)COC. The fraction of sp³-hybridized carbons (Fsp3) is 0.538. The fourth-order valence-electron chi connectivity index (χ4n) is 2.09. The first-order valence-corrected chi connectivity index (χ1v) is 8.02. The van der Waals surface area contributed by atoms with Crippen molar-refractivity contribution in [3.63, 3.8) is 0 Å². The minimum absolute atomic E-state index is 0.00144. The summed E-state index contributed by atoms with van der Waals surface area (Å²) in [5.41, 5.74) is 6.51. The number of primary sulfonamides is 1. The van der Waals surface area contributed by atoms with Crippen LogP contribution in [0.25, 0.3) is 0 Å². The Morgan fingerprint density at radius 2 is 1.95 bits per heavy atom. The lowest BCUT2D eigenvalue weighted by atomic mass is 10.2. The van der Waals surface area contributed by atoms with Gasteiger partial charge in [-0.15, -0.1) is 0 Å². The molecule has 7 nitrogen and oxygen atoms in total. The van der Waals surface area contributed by atoms with Crippen LogP contribution in [-0.2, 0) is 19.5 Å². The lowest BCUT2D eigenvalue weighted by Crippen LogP contribution is -2.39. The predicted octanol–water partition coefficient (Wildman–Crippen LogP) is 0.404. The van der Waals surface area contributed by atoms with Crippen molar-refractivity contribution in [2.24, 2.45) is 5.14 Å². The molecular weight excluding hydrogens is 294 g/mol. The minimum Gasteiger partial charge on any atom is -0.399 e. The molecule has 0 aliphatic carbocycles. The van der Waals surface area contributed by atoms with Gasteiger partial charge in [-0.25, -0.2) is 13.6 Å². The molecular formula is C13H23N3O4S. The number of benzene rings is 1. The highest BCUT2D eigenvalue weighted by molar-refractivity contribution is 7.89. The fourth-order valence-corrected chi connectivity index (χ4v) is 2.87. The Kier molecular flexibility index (Phi) is 6.41. The van der Waals surface area contributed by atoms with E-state index in [4.69, 9.17) is 20.3 Å². The quantitative estimate of drug-likeness (QED) is 0.672. The Bertz CT molecular complexity index is 563. The van der Waals surface area contributed by atoms with Crippen LogP contribution >= 0.6 is 0 Å². The molecule has 1 unspecified atom stereocenters. The molecule has 0 saturated heterocycles. The van der Waals surface area contributed by atoms with Crippen LogP contribution in [0.1, 0.15) is 6.92 Å². The van der Waals surface area contributed by atoms with E-state index in [1.165, 1.54) is 6.07 Å². The smallest absolute Gasteiger partial charge is 0.240 e. The van der Waals surface area contributed by atoms with Crippen molar-refractivity contribution >= 4 is 21.4 Å². The average molecular weight is 317 g/mol. The van der Waals surface area contributed by atoms with Crippen molar-refractivity contribution in [3.05, 3.63) is 18.2 Å². The maximum Gasteiger partial charge on any atom is 0.240 e. The van der Waals surface area contributed by atoms with Gasteiger partial charge in [0.2, 0.25) is 10.0 Å². The first-order valence-electron chi connectivity index (χ1n) is 6.48. The Morgan fingerprint density at radius 1 is 1.29 bits per heavy atom. The standard InChI is InChI=1S/C13H23N3O4S/c1-10(9-20-3)16(6-7-19-2)12-5-4-11(14)8-13(12)21(15,17)18/h4-5,8,10H,6-7,9,14H2,1-3H3,(H2,15,17,18). The van der Waals surface area contributed by atoms with Crippen molar-refractivity contribution in [1.29, 1.82) is 0 Å². The second kappa shape index (κ2) is 7.60. The second-order valence-corrected chi connectivity index (χ2v) is 6.29. The molecule has 0 amide bonds. The van der Waals surface area contributed by atoms with Crippen LogP contribution in [0.4, 0.5) is 11.4 Å². The van der Waals surface area contributed by atoms with Gasteiger partial charge >= 0.3 is 0 Å². The van der Waals surface area contributed by atoms with Crippen LogP contribution in [0.5, 0.6) is 0 Å². The Labute approximate surface area is 125 Å². The van der Waals surface area contributed by atoms with Gasteiger partial charge < -0.3 is 20.1 Å². The van der Waals surface area contributed by atoms with Gasteiger partial charge in [0, 0.05) is 32.5 Å². The summed E-state index contributed by atoms with van der Waals surface area (Å²) in [6.45, 7) is 3.33. The van der Waals surface area contributed by atoms with Gasteiger partial charge in [-0.1, -0.05) is 0 Å². The van der Waals surface area contributed by atoms with Crippen LogP contribution in [-0.4, -0.2) is 48.4 Å². The highest BCUT2D eigenvalue weighted by atomic mass is 32.2. The molecule has 1 atom stereocenters. The Balaban J connectivity index is 3.29. The molecule has 0 heterocycles. The number of hydrogen-bond donors (Lipinski definition) is 2. The number of anilines is 2. The van der Waals surface area contributed by atoms with Crippen LogP contribution in [0.15, 0.2) is 23.1 Å². The molecule has 0 radical (unpaired) electrons. The molecule has 0 bridgehead atoms. The topological polar surface area (TPSA) is 108 Å². The number of hydrogen-bond acceptors (Lipinski definition) is 6. The van der Waals surface area contributed by atoms with E-state index in [0.717, 1.165) is 0 Å². The Hall–Kier alpha value is -1.35. The largest absolute Gasteiger partial charge is 0.399 e. The zero-order valence-corrected chi connectivity index (χ0v) is 13.4. The number of nitrogen functional groups attached to an aromatic ring is 1. The number of nitrogens with zero attached hydrogens (tertiary/aromatic N) is 1. The molecule has 21 heavy (non-hydrogen) atoms. The highest BCUT2D eigenvalue weighted by Gasteiger charge is 2.22. The van der Waals surface area contributed by atoms with E-state index in [-0.39, 0.29) is 10.9 Å². The molecule has 0 spiro atoms. The van der Waals surface area contributed by atoms with E-state index in [1.54, 1.807) is 26.4 Å². The van der Waals surface area contributed by atoms with Crippen molar-refractivity contribution < 1.29 is 17.9 Å². The summed E-state index contributed by atoms with van der Waals surface area (Å²) in [5, 5.41) is 5.29. The van der Waals surface area contributed by atoms with Crippen LogP contribution in [0, 0.1) is 0 Å². The van der Waals surface area contributed by atoms with E-state index < -0.39 is 10.0 Å². The summed E-state index contributed by atoms with van der Waals surface area (Å²) in [6.07, 6.45) is 0. The maximum absolute atomic E-state index is 11.8. The maximum atomic E-state index is 11.8. The van der Waals surface area contributed by atoms with Crippen LogP contribution in [0.3, 0.4) is 0 Å². The highest BCUT2D eigenvalue weighted by Crippen LogP contribution is 2.28. The Morgan fingerprint density at radius 3 is 2.48 bits per heavy atom. The summed E-state index contributed by atoms with van der Waals surface area (Å²) in [6, 6.07) is 4.61. The van der Waals surface area contributed by atoms with E-state index >= 15 is 0 Å². The van der Waals surface area contributed by atoms with Gasteiger partial charge in [-0.3, -0.25) is 0 Å². The number of sulfonamides is 1. The lowest BCUT2D eigenvalue weighted by Gasteiger charge is -2.32. The molecule has 1 aromatic carbocycles. The first-order chi connectivity index (χ1) is 9.81. The van der Waals surface area contributed by atoms with Gasteiger partial charge in [0.25, 0.3) is 0 Å². The van der Waals surface area contributed by atoms with Gasteiger partial charge in [0.1, 0.15) is 4.90 Å². The monoisotopic (exact) mass is 317 g/mol. The van der Waals surface area contributed by atoms with Gasteiger partial charge in [0.05, 0.1) is 18.9 Å². The number of nitrogens with two attached hydrogens (primary N) is 2. The molecule has 0 aliphatic rings.